The molecule has 1 N–H and O–H groups in total. The third kappa shape index (κ3) is 3.83. The third-order valence-electron chi connectivity index (χ3n) is 4.80. The fourth-order valence-corrected chi connectivity index (χ4v) is 3.87. The number of nitrogens with one attached hydrogen (secondary N) is 1. The van der Waals surface area contributed by atoms with Gasteiger partial charge in [-0.3, -0.25) is 0 Å². The van der Waals surface area contributed by atoms with Crippen LogP contribution in [0.15, 0.2) is 18.3 Å². The molecule has 2 aliphatic rings. The van der Waals surface area contributed by atoms with Crippen molar-refractivity contribution < 1.29 is 14.5 Å². The van der Waals surface area contributed by atoms with Gasteiger partial charge >= 0.3 is 11.9 Å². The van der Waals surface area contributed by atoms with Crippen molar-refractivity contribution in [2.24, 2.45) is 11.8 Å². The van der Waals surface area contributed by atoms with Gasteiger partial charge in [-0.15, -0.1) is 0 Å². The van der Waals surface area contributed by atoms with E-state index in [2.05, 4.69) is 10.3 Å². The predicted octanol–water partition coefficient (Wildman–Crippen LogP) is 2.73. The number of carbonyl (C=O) groups excluding carboxylic acids is 1. The van der Waals surface area contributed by atoms with Crippen LogP contribution < -0.4 is 10.2 Å². The molecule has 2 heterocycles. The van der Waals surface area contributed by atoms with Crippen molar-refractivity contribution in [2.45, 2.75) is 45.3 Å². The second-order valence-corrected chi connectivity index (χ2v) is 7.78. The lowest BCUT2D eigenvalue weighted by Gasteiger charge is -2.39. The molecule has 8 nitrogen and oxygen atoms in total. The number of aromatic nitrogens is 1. The van der Waals surface area contributed by atoms with Crippen LogP contribution in [0.2, 0.25) is 0 Å². The second-order valence-electron chi connectivity index (χ2n) is 7.78. The van der Waals surface area contributed by atoms with Crippen LogP contribution in [0, 0.1) is 22.0 Å². The van der Waals surface area contributed by atoms with E-state index >= 15 is 0 Å². The number of fused-ring (bicyclic) bond motifs is 2. The van der Waals surface area contributed by atoms with Gasteiger partial charge in [0.2, 0.25) is 0 Å². The summed E-state index contributed by atoms with van der Waals surface area (Å²) in [5.74, 6) is 0.401. The van der Waals surface area contributed by atoms with E-state index in [-0.39, 0.29) is 23.7 Å². The van der Waals surface area contributed by atoms with Crippen LogP contribution >= 0.6 is 0 Å². The molecule has 8 heteroatoms. The van der Waals surface area contributed by atoms with Crippen LogP contribution in [-0.4, -0.2) is 40.7 Å². The topological polar surface area (TPSA) is 97.6 Å². The molecule has 1 saturated heterocycles. The molecule has 1 aliphatic carbocycles. The predicted molar refractivity (Wildman–Crippen MR) is 92.5 cm³/mol. The number of alkyl carbamates (subject to hydrolysis) is 1. The Morgan fingerprint density at radius 1 is 1.36 bits per heavy atom. The number of rotatable bonds is 3. The molecule has 2 unspecified atom stereocenters. The van der Waals surface area contributed by atoms with Gasteiger partial charge in [-0.05, 0) is 67.5 Å². The van der Waals surface area contributed by atoms with Gasteiger partial charge in [0.25, 0.3) is 0 Å². The smallest absolute Gasteiger partial charge is 0.407 e. The summed E-state index contributed by atoms with van der Waals surface area (Å²) < 4.78 is 5.36. The van der Waals surface area contributed by atoms with Gasteiger partial charge in [-0.1, -0.05) is 0 Å². The van der Waals surface area contributed by atoms with Gasteiger partial charge in [-0.25, -0.2) is 4.79 Å². The number of ether oxygens (including phenoxy) is 1. The monoisotopic (exact) mass is 348 g/mol. The normalized spacial score (nSPS) is 25.6. The van der Waals surface area contributed by atoms with Gasteiger partial charge in [0, 0.05) is 19.1 Å². The fourth-order valence-electron chi connectivity index (χ4n) is 3.87. The van der Waals surface area contributed by atoms with E-state index in [1.54, 1.807) is 12.1 Å². The first-order chi connectivity index (χ1) is 11.7. The molecule has 136 valence electrons. The molecule has 1 aromatic heterocycles. The number of amides is 1. The zero-order valence-electron chi connectivity index (χ0n) is 14.8. The maximum Gasteiger partial charge on any atom is 0.407 e. The quantitative estimate of drug-likeness (QED) is 0.666. The van der Waals surface area contributed by atoms with Crippen LogP contribution in [0.3, 0.4) is 0 Å². The van der Waals surface area contributed by atoms with Crippen molar-refractivity contribution in [3.8, 4) is 0 Å². The Morgan fingerprint density at radius 2 is 2.00 bits per heavy atom. The molecular formula is C17H24N4O4. The number of hydrogen-bond donors (Lipinski definition) is 1. The van der Waals surface area contributed by atoms with Gasteiger partial charge in [0.15, 0.2) is 0 Å². The first kappa shape index (κ1) is 17.4. The molecule has 2 atom stereocenters. The Bertz CT molecular complexity index is 659. The van der Waals surface area contributed by atoms with E-state index in [0.717, 1.165) is 12.8 Å². The second kappa shape index (κ2) is 6.50. The molecule has 3 rings (SSSR count). The standard InChI is InChI=1S/C17H24N4O4/c1-17(2,3)25-16(22)19-14-11-6-7-12(14)10-20(9-11)13-5-4-8-18-15(13)21(23)24/h4-5,8,11-12,14H,6-7,9-10H2,1-3H3,(H,19,22). The molecule has 0 radical (unpaired) electrons. The summed E-state index contributed by atoms with van der Waals surface area (Å²) in [4.78, 5) is 28.8. The van der Waals surface area contributed by atoms with Gasteiger partial charge in [0.05, 0.1) is 0 Å². The van der Waals surface area contributed by atoms with E-state index in [1.807, 2.05) is 25.7 Å². The van der Waals surface area contributed by atoms with Gasteiger partial charge < -0.3 is 25.1 Å². The molecule has 1 saturated carbocycles. The number of piperidine rings is 1. The Balaban J connectivity index is 1.71. The van der Waals surface area contributed by atoms with E-state index in [0.29, 0.717) is 18.8 Å². The number of pyridine rings is 1. The molecule has 1 amide bonds. The lowest BCUT2D eigenvalue weighted by Crippen LogP contribution is -2.53. The maximum absolute atomic E-state index is 12.1. The summed E-state index contributed by atoms with van der Waals surface area (Å²) in [5.41, 5.74) is 0.0280. The van der Waals surface area contributed by atoms with Crippen LogP contribution in [0.5, 0.6) is 0 Å². The third-order valence-corrected chi connectivity index (χ3v) is 4.80. The van der Waals surface area contributed by atoms with E-state index < -0.39 is 16.6 Å². The van der Waals surface area contributed by atoms with E-state index in [1.165, 1.54) is 6.20 Å². The molecule has 2 fully saturated rings. The Morgan fingerprint density at radius 3 is 2.56 bits per heavy atom. The molecule has 0 spiro atoms. The lowest BCUT2D eigenvalue weighted by molar-refractivity contribution is -0.388. The number of nitro groups is 1. The van der Waals surface area contributed by atoms with Crippen LogP contribution in [0.4, 0.5) is 16.3 Å². The number of carbonyl (C=O) groups is 1. The molecule has 25 heavy (non-hydrogen) atoms. The van der Waals surface area contributed by atoms with Crippen molar-refractivity contribution in [3.63, 3.8) is 0 Å². The maximum atomic E-state index is 12.1. The first-order valence-corrected chi connectivity index (χ1v) is 8.58. The zero-order valence-corrected chi connectivity index (χ0v) is 14.8. The Labute approximate surface area is 146 Å². The summed E-state index contributed by atoms with van der Waals surface area (Å²) in [6, 6.07) is 3.52. The molecule has 1 aromatic rings. The van der Waals surface area contributed by atoms with Crippen LogP contribution in [-0.2, 0) is 4.74 Å². The van der Waals surface area contributed by atoms with Crippen LogP contribution in [0.25, 0.3) is 0 Å². The van der Waals surface area contributed by atoms with Crippen molar-refractivity contribution in [1.82, 2.24) is 10.3 Å². The highest BCUT2D eigenvalue weighted by Crippen LogP contribution is 2.40. The summed E-state index contributed by atoms with van der Waals surface area (Å²) in [5, 5.41) is 14.2. The summed E-state index contributed by atoms with van der Waals surface area (Å²) in [6.45, 7) is 6.86. The summed E-state index contributed by atoms with van der Waals surface area (Å²) >= 11 is 0. The van der Waals surface area contributed by atoms with Gasteiger partial charge in [0.1, 0.15) is 17.5 Å². The largest absolute Gasteiger partial charge is 0.444 e. The Hall–Kier alpha value is -2.38. The van der Waals surface area contributed by atoms with Crippen molar-refractivity contribution in [2.75, 3.05) is 18.0 Å². The average Bonchev–Trinajstić information content (AvgIpc) is 2.75. The highest BCUT2D eigenvalue weighted by Gasteiger charge is 2.44. The number of hydrogen-bond acceptors (Lipinski definition) is 6. The summed E-state index contributed by atoms with van der Waals surface area (Å²) in [6.07, 6.45) is 3.04. The minimum Gasteiger partial charge on any atom is -0.444 e. The first-order valence-electron chi connectivity index (χ1n) is 8.58. The molecular weight excluding hydrogens is 324 g/mol. The molecule has 0 aromatic carbocycles. The van der Waals surface area contributed by atoms with Gasteiger partial charge in [-0.2, -0.15) is 0 Å². The Kier molecular flexibility index (Phi) is 4.53. The van der Waals surface area contributed by atoms with Crippen molar-refractivity contribution in [1.29, 1.82) is 0 Å². The summed E-state index contributed by atoms with van der Waals surface area (Å²) in [7, 11) is 0. The van der Waals surface area contributed by atoms with Crippen molar-refractivity contribution in [3.05, 3.63) is 28.4 Å². The minimum absolute atomic E-state index is 0.0572. The lowest BCUT2D eigenvalue weighted by atomic mass is 9.92. The highest BCUT2D eigenvalue weighted by atomic mass is 16.6. The molecule has 2 bridgehead atoms. The SMILES string of the molecule is CC(C)(C)OC(=O)NC1C2CCC1CN(c1cccnc1[N+](=O)[O-])C2. The van der Waals surface area contributed by atoms with Crippen LogP contribution in [0.1, 0.15) is 33.6 Å². The zero-order chi connectivity index (χ0) is 18.2. The number of anilines is 1. The van der Waals surface area contributed by atoms with Crippen molar-refractivity contribution >= 4 is 17.6 Å². The van der Waals surface area contributed by atoms with E-state index in [4.69, 9.17) is 4.74 Å². The number of nitrogens with zero attached hydrogens (tertiary/aromatic N) is 3. The average molecular weight is 348 g/mol. The highest BCUT2D eigenvalue weighted by molar-refractivity contribution is 5.68. The minimum atomic E-state index is -0.528. The molecule has 1 aliphatic heterocycles. The van der Waals surface area contributed by atoms with E-state index in [9.17, 15) is 14.9 Å². The fraction of sp³-hybridized carbons (Fsp3) is 0.647.